The summed E-state index contributed by atoms with van der Waals surface area (Å²) in [7, 11) is 0. The molecule has 1 spiro atoms. The van der Waals surface area contributed by atoms with Crippen LogP contribution in [0, 0.1) is 5.41 Å². The van der Waals surface area contributed by atoms with E-state index in [-0.39, 0.29) is 5.82 Å². The zero-order chi connectivity index (χ0) is 18.2. The van der Waals surface area contributed by atoms with Crippen molar-refractivity contribution in [2.45, 2.75) is 25.4 Å². The maximum Gasteiger partial charge on any atom is 0.433 e. The summed E-state index contributed by atoms with van der Waals surface area (Å²) in [5.74, 6) is 0.431. The number of rotatable bonds is 2. The predicted molar refractivity (Wildman–Crippen MR) is 91.6 cm³/mol. The Morgan fingerprint density at radius 3 is 2.38 bits per heavy atom. The van der Waals surface area contributed by atoms with Crippen LogP contribution in [0.1, 0.15) is 25.0 Å². The second-order valence-electron chi connectivity index (χ2n) is 7.08. The van der Waals surface area contributed by atoms with Gasteiger partial charge in [-0.25, -0.2) is 9.97 Å². The second-order valence-corrected chi connectivity index (χ2v) is 7.08. The van der Waals surface area contributed by atoms with Crippen LogP contribution in [0.5, 0.6) is 0 Å². The van der Waals surface area contributed by atoms with Gasteiger partial charge in [-0.3, -0.25) is 4.98 Å². The van der Waals surface area contributed by atoms with Crippen LogP contribution in [0.3, 0.4) is 0 Å². The molecule has 0 unspecified atom stereocenters. The number of anilines is 1. The first-order valence-corrected chi connectivity index (χ1v) is 8.78. The molecular formula is C18H20F3N5. The van der Waals surface area contributed by atoms with E-state index in [1.807, 2.05) is 4.90 Å². The molecule has 26 heavy (non-hydrogen) atoms. The van der Waals surface area contributed by atoms with E-state index < -0.39 is 11.9 Å². The summed E-state index contributed by atoms with van der Waals surface area (Å²) >= 11 is 0. The van der Waals surface area contributed by atoms with Crippen LogP contribution in [0.2, 0.25) is 0 Å². The third-order valence-electron chi connectivity index (χ3n) is 5.42. The Labute approximate surface area is 149 Å². The Bertz CT molecular complexity index is 762. The summed E-state index contributed by atoms with van der Waals surface area (Å²) in [5, 5.41) is 3.40. The Morgan fingerprint density at radius 1 is 1.04 bits per heavy atom. The molecule has 2 fully saturated rings. The minimum absolute atomic E-state index is 0.0834. The first-order valence-electron chi connectivity index (χ1n) is 8.78. The fraction of sp³-hybridized carbons (Fsp3) is 0.500. The average Bonchev–Trinajstić information content (AvgIpc) is 3.10. The number of hydrogen-bond acceptors (Lipinski definition) is 5. The van der Waals surface area contributed by atoms with Crippen molar-refractivity contribution in [2.75, 3.05) is 31.1 Å². The Balaban J connectivity index is 1.65. The fourth-order valence-corrected chi connectivity index (χ4v) is 3.80. The van der Waals surface area contributed by atoms with Gasteiger partial charge in [-0.05, 0) is 43.4 Å². The zero-order valence-corrected chi connectivity index (χ0v) is 14.3. The molecule has 0 aliphatic carbocycles. The third-order valence-corrected chi connectivity index (χ3v) is 5.42. The molecule has 2 aromatic heterocycles. The lowest BCUT2D eigenvalue weighted by molar-refractivity contribution is -0.141. The molecular weight excluding hydrogens is 343 g/mol. The van der Waals surface area contributed by atoms with Gasteiger partial charge < -0.3 is 10.2 Å². The standard InChI is InChI=1S/C18H20F3N5/c19-18(20,21)14-11-15(25-16(24-14)13-1-6-22-7-2-13)26-9-4-17(5-10-26)3-8-23-12-17/h1-2,6-7,11,23H,3-5,8-10,12H2. The summed E-state index contributed by atoms with van der Waals surface area (Å²) in [6.45, 7) is 3.45. The quantitative estimate of drug-likeness (QED) is 0.888. The van der Waals surface area contributed by atoms with Crippen LogP contribution in [-0.2, 0) is 6.18 Å². The van der Waals surface area contributed by atoms with Crippen molar-refractivity contribution in [2.24, 2.45) is 5.41 Å². The largest absolute Gasteiger partial charge is 0.433 e. The summed E-state index contributed by atoms with van der Waals surface area (Å²) < 4.78 is 40.0. The van der Waals surface area contributed by atoms with E-state index in [1.165, 1.54) is 12.4 Å². The molecule has 0 amide bonds. The lowest BCUT2D eigenvalue weighted by Gasteiger charge is -2.39. The number of alkyl halides is 3. The number of hydrogen-bond donors (Lipinski definition) is 1. The number of pyridine rings is 1. The van der Waals surface area contributed by atoms with E-state index in [2.05, 4.69) is 20.3 Å². The lowest BCUT2D eigenvalue weighted by Crippen LogP contribution is -2.41. The summed E-state index contributed by atoms with van der Waals surface area (Å²) in [4.78, 5) is 14.0. The first-order chi connectivity index (χ1) is 12.5. The molecule has 2 aliphatic rings. The number of halogens is 3. The topological polar surface area (TPSA) is 53.9 Å². The molecule has 0 atom stereocenters. The average molecular weight is 363 g/mol. The van der Waals surface area contributed by atoms with Gasteiger partial charge in [0.2, 0.25) is 0 Å². The second kappa shape index (κ2) is 6.50. The van der Waals surface area contributed by atoms with Gasteiger partial charge in [-0.15, -0.1) is 0 Å². The highest BCUT2D eigenvalue weighted by molar-refractivity contribution is 5.57. The highest BCUT2D eigenvalue weighted by atomic mass is 19.4. The van der Waals surface area contributed by atoms with E-state index >= 15 is 0 Å². The number of piperidine rings is 1. The van der Waals surface area contributed by atoms with Crippen molar-refractivity contribution >= 4 is 5.82 Å². The molecule has 8 heteroatoms. The van der Waals surface area contributed by atoms with E-state index in [0.29, 0.717) is 29.9 Å². The lowest BCUT2D eigenvalue weighted by atomic mass is 9.78. The van der Waals surface area contributed by atoms with Crippen LogP contribution < -0.4 is 10.2 Å². The maximum absolute atomic E-state index is 13.3. The Hall–Kier alpha value is -2.22. The van der Waals surface area contributed by atoms with Gasteiger partial charge in [0.1, 0.15) is 5.82 Å². The SMILES string of the molecule is FC(F)(F)c1cc(N2CCC3(CCNC3)CC2)nc(-c2ccncc2)n1. The molecule has 5 nitrogen and oxygen atoms in total. The van der Waals surface area contributed by atoms with Crippen molar-refractivity contribution in [3.05, 3.63) is 36.3 Å². The maximum atomic E-state index is 13.3. The smallest absolute Gasteiger partial charge is 0.356 e. The molecule has 4 rings (SSSR count). The van der Waals surface area contributed by atoms with Crippen LogP contribution in [0.15, 0.2) is 30.6 Å². The predicted octanol–water partition coefficient (Wildman–Crippen LogP) is 3.14. The molecule has 138 valence electrons. The summed E-state index contributed by atoms with van der Waals surface area (Å²) in [5.41, 5.74) is -0.0809. The minimum atomic E-state index is -4.51. The Morgan fingerprint density at radius 2 is 1.77 bits per heavy atom. The number of aromatic nitrogens is 3. The van der Waals surface area contributed by atoms with Crippen LogP contribution in [0.4, 0.5) is 19.0 Å². The van der Waals surface area contributed by atoms with Gasteiger partial charge in [-0.1, -0.05) is 0 Å². The molecule has 2 aliphatic heterocycles. The minimum Gasteiger partial charge on any atom is -0.356 e. The van der Waals surface area contributed by atoms with Gasteiger partial charge in [0, 0.05) is 43.7 Å². The number of nitrogens with one attached hydrogen (secondary N) is 1. The van der Waals surface area contributed by atoms with Crippen molar-refractivity contribution in [3.63, 3.8) is 0 Å². The van der Waals surface area contributed by atoms with Gasteiger partial charge >= 0.3 is 6.18 Å². The first kappa shape index (κ1) is 17.2. The monoisotopic (exact) mass is 363 g/mol. The van der Waals surface area contributed by atoms with Crippen molar-refractivity contribution in [3.8, 4) is 11.4 Å². The molecule has 1 N–H and O–H groups in total. The van der Waals surface area contributed by atoms with Crippen molar-refractivity contribution < 1.29 is 13.2 Å². The summed E-state index contributed by atoms with van der Waals surface area (Å²) in [6, 6.07) is 4.30. The molecule has 2 aromatic rings. The van der Waals surface area contributed by atoms with Crippen molar-refractivity contribution in [1.82, 2.24) is 20.3 Å². The number of nitrogens with zero attached hydrogens (tertiary/aromatic N) is 4. The van der Waals surface area contributed by atoms with Crippen LogP contribution in [0.25, 0.3) is 11.4 Å². The van der Waals surface area contributed by atoms with Gasteiger partial charge in [0.25, 0.3) is 0 Å². The summed E-state index contributed by atoms with van der Waals surface area (Å²) in [6.07, 6.45) is 1.62. The van der Waals surface area contributed by atoms with Gasteiger partial charge in [0.05, 0.1) is 0 Å². The van der Waals surface area contributed by atoms with Crippen LogP contribution in [-0.4, -0.2) is 41.1 Å². The molecule has 0 aromatic carbocycles. The van der Waals surface area contributed by atoms with E-state index in [1.54, 1.807) is 12.1 Å². The van der Waals surface area contributed by atoms with Gasteiger partial charge in [0.15, 0.2) is 11.5 Å². The Kier molecular flexibility index (Phi) is 4.30. The third kappa shape index (κ3) is 3.38. The molecule has 0 bridgehead atoms. The molecule has 2 saturated heterocycles. The highest BCUT2D eigenvalue weighted by Gasteiger charge is 2.38. The van der Waals surface area contributed by atoms with E-state index in [0.717, 1.165) is 38.4 Å². The van der Waals surface area contributed by atoms with Gasteiger partial charge in [-0.2, -0.15) is 13.2 Å². The van der Waals surface area contributed by atoms with Crippen LogP contribution >= 0.6 is 0 Å². The highest BCUT2D eigenvalue weighted by Crippen LogP contribution is 2.39. The zero-order valence-electron chi connectivity index (χ0n) is 14.3. The molecule has 0 radical (unpaired) electrons. The molecule has 0 saturated carbocycles. The van der Waals surface area contributed by atoms with E-state index in [4.69, 9.17) is 0 Å². The van der Waals surface area contributed by atoms with E-state index in [9.17, 15) is 13.2 Å². The fourth-order valence-electron chi connectivity index (χ4n) is 3.80. The normalized spacial score (nSPS) is 19.9. The molecule has 4 heterocycles. The van der Waals surface area contributed by atoms with Crippen molar-refractivity contribution in [1.29, 1.82) is 0 Å².